The lowest BCUT2D eigenvalue weighted by Crippen LogP contribution is -2.12. The first-order valence-electron chi connectivity index (χ1n) is 6.09. The van der Waals surface area contributed by atoms with E-state index < -0.39 is 9.84 Å². The Bertz CT molecular complexity index is 471. The van der Waals surface area contributed by atoms with E-state index in [1.54, 1.807) is 0 Å². The minimum Gasteiger partial charge on any atom is -0.493 e. The monoisotopic (exact) mass is 271 g/mol. The van der Waals surface area contributed by atoms with Gasteiger partial charge in [-0.05, 0) is 18.9 Å². The lowest BCUT2D eigenvalue weighted by molar-refractivity contribution is 0.312. The van der Waals surface area contributed by atoms with Crippen molar-refractivity contribution in [3.05, 3.63) is 29.8 Å². The van der Waals surface area contributed by atoms with Gasteiger partial charge in [-0.25, -0.2) is 8.42 Å². The first-order chi connectivity index (χ1) is 8.44. The van der Waals surface area contributed by atoms with Crippen molar-refractivity contribution in [2.24, 2.45) is 5.73 Å². The molecule has 0 aliphatic heterocycles. The van der Waals surface area contributed by atoms with Crippen molar-refractivity contribution < 1.29 is 13.2 Å². The Labute approximate surface area is 109 Å². The summed E-state index contributed by atoms with van der Waals surface area (Å²) in [6.07, 6.45) is 2.56. The van der Waals surface area contributed by atoms with E-state index in [-0.39, 0.29) is 11.8 Å². The van der Waals surface area contributed by atoms with Crippen LogP contribution in [0.25, 0.3) is 0 Å². The van der Waals surface area contributed by atoms with Crippen LogP contribution in [-0.2, 0) is 9.84 Å². The van der Waals surface area contributed by atoms with Gasteiger partial charge in [-0.2, -0.15) is 0 Å². The molecule has 0 bridgehead atoms. The van der Waals surface area contributed by atoms with Gasteiger partial charge < -0.3 is 10.5 Å². The SMILES string of the molecule is CCC(N)c1ccccc1OCCCS(C)(=O)=O. The molecule has 0 spiro atoms. The van der Waals surface area contributed by atoms with Gasteiger partial charge in [0.2, 0.25) is 0 Å². The van der Waals surface area contributed by atoms with Gasteiger partial charge in [0.05, 0.1) is 12.4 Å². The molecule has 1 atom stereocenters. The molecule has 1 rings (SSSR count). The van der Waals surface area contributed by atoms with Crippen LogP contribution in [0.3, 0.4) is 0 Å². The van der Waals surface area contributed by atoms with Crippen molar-refractivity contribution in [2.45, 2.75) is 25.8 Å². The van der Waals surface area contributed by atoms with Crippen LogP contribution >= 0.6 is 0 Å². The topological polar surface area (TPSA) is 69.4 Å². The standard InChI is InChI=1S/C13H21NO3S/c1-3-12(14)11-7-4-5-8-13(11)17-9-6-10-18(2,15)16/h4-5,7-8,12H,3,6,9-10,14H2,1-2H3. The zero-order valence-electron chi connectivity index (χ0n) is 10.9. The predicted molar refractivity (Wildman–Crippen MR) is 73.5 cm³/mol. The lowest BCUT2D eigenvalue weighted by atomic mass is 10.0. The Hall–Kier alpha value is -1.07. The van der Waals surface area contributed by atoms with E-state index in [0.29, 0.717) is 13.0 Å². The average Bonchev–Trinajstić information content (AvgIpc) is 2.33. The minimum atomic E-state index is -2.91. The normalized spacial score (nSPS) is 13.3. The van der Waals surface area contributed by atoms with Crippen molar-refractivity contribution >= 4 is 9.84 Å². The fraction of sp³-hybridized carbons (Fsp3) is 0.538. The van der Waals surface area contributed by atoms with Crippen LogP contribution in [0.4, 0.5) is 0 Å². The van der Waals surface area contributed by atoms with Gasteiger partial charge in [0.1, 0.15) is 15.6 Å². The Balaban J connectivity index is 2.57. The van der Waals surface area contributed by atoms with E-state index in [4.69, 9.17) is 10.5 Å². The van der Waals surface area contributed by atoms with Crippen molar-refractivity contribution in [2.75, 3.05) is 18.6 Å². The molecule has 0 amide bonds. The zero-order valence-corrected chi connectivity index (χ0v) is 11.7. The number of sulfone groups is 1. The summed E-state index contributed by atoms with van der Waals surface area (Å²) < 4.78 is 27.6. The number of nitrogens with two attached hydrogens (primary N) is 1. The largest absolute Gasteiger partial charge is 0.493 e. The molecular weight excluding hydrogens is 250 g/mol. The summed E-state index contributed by atoms with van der Waals surface area (Å²) >= 11 is 0. The van der Waals surface area contributed by atoms with Crippen LogP contribution in [0.2, 0.25) is 0 Å². The summed E-state index contributed by atoms with van der Waals surface area (Å²) in [7, 11) is -2.91. The molecule has 1 aromatic rings. The number of hydrogen-bond donors (Lipinski definition) is 1. The molecule has 1 aromatic carbocycles. The maximum absolute atomic E-state index is 11.0. The minimum absolute atomic E-state index is 0.0453. The van der Waals surface area contributed by atoms with Crippen LogP contribution in [-0.4, -0.2) is 27.0 Å². The molecule has 0 aromatic heterocycles. The van der Waals surface area contributed by atoms with E-state index in [9.17, 15) is 8.42 Å². The van der Waals surface area contributed by atoms with Crippen molar-refractivity contribution in [3.8, 4) is 5.75 Å². The molecule has 0 saturated carbocycles. The number of rotatable bonds is 7. The second-order valence-electron chi connectivity index (χ2n) is 4.38. The van der Waals surface area contributed by atoms with Gasteiger partial charge in [-0.15, -0.1) is 0 Å². The molecule has 0 aliphatic carbocycles. The van der Waals surface area contributed by atoms with Crippen LogP contribution in [0, 0.1) is 0 Å². The second kappa shape index (κ2) is 6.75. The lowest BCUT2D eigenvalue weighted by Gasteiger charge is -2.15. The van der Waals surface area contributed by atoms with Crippen LogP contribution in [0.15, 0.2) is 24.3 Å². The third-order valence-electron chi connectivity index (χ3n) is 2.68. The maximum atomic E-state index is 11.0. The van der Waals surface area contributed by atoms with Gasteiger partial charge in [0.25, 0.3) is 0 Å². The summed E-state index contributed by atoms with van der Waals surface area (Å²) in [4.78, 5) is 0. The van der Waals surface area contributed by atoms with E-state index in [2.05, 4.69) is 0 Å². The maximum Gasteiger partial charge on any atom is 0.147 e. The van der Waals surface area contributed by atoms with Crippen molar-refractivity contribution in [1.29, 1.82) is 0 Å². The Morgan fingerprint density at radius 2 is 2.00 bits per heavy atom. The molecule has 0 saturated heterocycles. The number of hydrogen-bond acceptors (Lipinski definition) is 4. The number of benzene rings is 1. The third kappa shape index (κ3) is 5.06. The summed E-state index contributed by atoms with van der Waals surface area (Å²) in [6.45, 7) is 2.41. The highest BCUT2D eigenvalue weighted by Crippen LogP contribution is 2.25. The highest BCUT2D eigenvalue weighted by Gasteiger charge is 2.10. The van der Waals surface area contributed by atoms with Gasteiger partial charge in [-0.3, -0.25) is 0 Å². The molecule has 0 radical (unpaired) electrons. The Morgan fingerprint density at radius 1 is 1.33 bits per heavy atom. The van der Waals surface area contributed by atoms with E-state index in [0.717, 1.165) is 17.7 Å². The van der Waals surface area contributed by atoms with Gasteiger partial charge in [0, 0.05) is 17.9 Å². The zero-order chi connectivity index (χ0) is 13.6. The van der Waals surface area contributed by atoms with E-state index in [1.165, 1.54) is 6.26 Å². The molecule has 0 aliphatic rings. The fourth-order valence-corrected chi connectivity index (χ4v) is 2.28. The van der Waals surface area contributed by atoms with Crippen LogP contribution in [0.5, 0.6) is 5.75 Å². The molecule has 0 fully saturated rings. The molecule has 4 nitrogen and oxygen atoms in total. The predicted octanol–water partition coefficient (Wildman–Crippen LogP) is 1.91. The summed E-state index contributed by atoms with van der Waals surface area (Å²) in [5, 5.41) is 0. The summed E-state index contributed by atoms with van der Waals surface area (Å²) in [5.74, 6) is 0.898. The number of ether oxygens (including phenoxy) is 1. The first-order valence-corrected chi connectivity index (χ1v) is 8.15. The molecular formula is C13H21NO3S. The van der Waals surface area contributed by atoms with Gasteiger partial charge >= 0.3 is 0 Å². The molecule has 18 heavy (non-hydrogen) atoms. The van der Waals surface area contributed by atoms with Crippen molar-refractivity contribution in [1.82, 2.24) is 0 Å². The van der Waals surface area contributed by atoms with Gasteiger partial charge in [-0.1, -0.05) is 25.1 Å². The molecule has 2 N–H and O–H groups in total. The first kappa shape index (κ1) is 15.0. The van der Waals surface area contributed by atoms with E-state index >= 15 is 0 Å². The Kier molecular flexibility index (Phi) is 5.62. The molecule has 0 heterocycles. The molecule has 102 valence electrons. The molecule has 1 unspecified atom stereocenters. The highest BCUT2D eigenvalue weighted by atomic mass is 32.2. The van der Waals surface area contributed by atoms with Crippen LogP contribution < -0.4 is 10.5 Å². The van der Waals surface area contributed by atoms with Gasteiger partial charge in [0.15, 0.2) is 0 Å². The smallest absolute Gasteiger partial charge is 0.147 e. The number of para-hydroxylation sites is 1. The molecule has 5 heteroatoms. The summed E-state index contributed by atoms with van der Waals surface area (Å²) in [5.41, 5.74) is 6.96. The van der Waals surface area contributed by atoms with Crippen molar-refractivity contribution in [3.63, 3.8) is 0 Å². The fourth-order valence-electron chi connectivity index (χ4n) is 1.64. The quantitative estimate of drug-likeness (QED) is 0.769. The average molecular weight is 271 g/mol. The highest BCUT2D eigenvalue weighted by molar-refractivity contribution is 7.90. The Morgan fingerprint density at radius 3 is 2.61 bits per heavy atom. The van der Waals surface area contributed by atoms with E-state index in [1.807, 2.05) is 31.2 Å². The van der Waals surface area contributed by atoms with Crippen LogP contribution in [0.1, 0.15) is 31.4 Å². The summed E-state index contributed by atoms with van der Waals surface area (Å²) in [6, 6.07) is 7.58. The second-order valence-corrected chi connectivity index (χ2v) is 6.64. The third-order valence-corrected chi connectivity index (χ3v) is 3.71.